The molecule has 1 aliphatic heterocycles. The van der Waals surface area contributed by atoms with E-state index in [9.17, 15) is 9.59 Å². The van der Waals surface area contributed by atoms with Crippen LogP contribution in [0.2, 0.25) is 0 Å². The summed E-state index contributed by atoms with van der Waals surface area (Å²) in [6.45, 7) is 0.149. The van der Waals surface area contributed by atoms with Crippen molar-refractivity contribution in [2.24, 2.45) is 0 Å². The van der Waals surface area contributed by atoms with Crippen LogP contribution in [0.25, 0.3) is 9.88 Å². The fraction of sp³-hybridized carbons (Fsp3) is 0.125. The monoisotopic (exact) mass is 445 g/mol. The first-order chi connectivity index (χ1) is 15.2. The smallest absolute Gasteiger partial charge is 0.319 e. The fourth-order valence-electron chi connectivity index (χ4n) is 3.87. The maximum Gasteiger partial charge on any atom is 0.325 e. The summed E-state index contributed by atoms with van der Waals surface area (Å²) in [7, 11) is 0. The number of aromatic nitrogens is 1. The van der Waals surface area contributed by atoms with Gasteiger partial charge in [-0.2, -0.15) is 0 Å². The molecule has 1 atom stereocenters. The zero-order valence-electron chi connectivity index (χ0n) is 16.5. The zero-order valence-corrected chi connectivity index (χ0v) is 18.2. The molecule has 1 saturated heterocycles. The van der Waals surface area contributed by atoms with Gasteiger partial charge in [-0.25, -0.2) is 9.78 Å². The van der Waals surface area contributed by atoms with Gasteiger partial charge in [0.05, 0.1) is 17.1 Å². The number of urea groups is 1. The summed E-state index contributed by atoms with van der Waals surface area (Å²) >= 11 is 3.14. The topological polar surface area (TPSA) is 62.3 Å². The van der Waals surface area contributed by atoms with Crippen molar-refractivity contribution in [2.75, 3.05) is 0 Å². The van der Waals surface area contributed by atoms with Gasteiger partial charge in [-0.05, 0) is 22.6 Å². The van der Waals surface area contributed by atoms with Gasteiger partial charge in [0.2, 0.25) is 0 Å². The summed E-state index contributed by atoms with van der Waals surface area (Å²) in [5.41, 5.74) is 1.33. The van der Waals surface area contributed by atoms with E-state index in [0.717, 1.165) is 21.0 Å². The van der Waals surface area contributed by atoms with Gasteiger partial charge in [0.15, 0.2) is 5.54 Å². The number of thiophene rings is 1. The normalized spacial score (nSPS) is 18.4. The molecule has 0 spiro atoms. The van der Waals surface area contributed by atoms with Crippen LogP contribution in [0.3, 0.4) is 0 Å². The van der Waals surface area contributed by atoms with E-state index < -0.39 is 11.6 Å². The van der Waals surface area contributed by atoms with Gasteiger partial charge in [-0.3, -0.25) is 9.69 Å². The lowest BCUT2D eigenvalue weighted by Crippen LogP contribution is -2.46. The van der Waals surface area contributed by atoms with Gasteiger partial charge in [0, 0.05) is 11.8 Å². The van der Waals surface area contributed by atoms with E-state index in [-0.39, 0.29) is 12.5 Å². The van der Waals surface area contributed by atoms with Crippen LogP contribution < -0.4 is 5.32 Å². The summed E-state index contributed by atoms with van der Waals surface area (Å²) in [6.07, 6.45) is 0.385. The third kappa shape index (κ3) is 3.66. The minimum absolute atomic E-state index is 0.149. The molecule has 0 saturated carbocycles. The molecule has 3 amide bonds. The summed E-state index contributed by atoms with van der Waals surface area (Å²) in [4.78, 5) is 33.7. The molecule has 0 bridgehead atoms. The molecule has 0 aliphatic carbocycles. The van der Waals surface area contributed by atoms with E-state index in [2.05, 4.69) is 10.3 Å². The number of nitrogens with zero attached hydrogens (tertiary/aromatic N) is 2. The average Bonchev–Trinajstić information content (AvgIpc) is 3.53. The SMILES string of the molecule is O=C1NC(Cc2ccccc2)(c2ccccc2)C(=O)N1Cc1csc(-c2cccs2)n1. The number of imide groups is 1. The molecule has 5 rings (SSSR count). The predicted molar refractivity (Wildman–Crippen MR) is 123 cm³/mol. The van der Waals surface area contributed by atoms with Crippen LogP contribution in [0, 0.1) is 0 Å². The van der Waals surface area contributed by atoms with E-state index in [1.807, 2.05) is 83.6 Å². The largest absolute Gasteiger partial charge is 0.325 e. The number of rotatable bonds is 6. The number of amides is 3. The zero-order chi connectivity index (χ0) is 21.3. The highest BCUT2D eigenvalue weighted by atomic mass is 32.1. The average molecular weight is 446 g/mol. The minimum atomic E-state index is -1.13. The molecular formula is C24H19N3O2S2. The van der Waals surface area contributed by atoms with Crippen molar-refractivity contribution in [2.45, 2.75) is 18.5 Å². The molecule has 154 valence electrons. The maximum absolute atomic E-state index is 13.7. The van der Waals surface area contributed by atoms with Gasteiger partial charge >= 0.3 is 6.03 Å². The van der Waals surface area contributed by atoms with Crippen LogP contribution in [0.1, 0.15) is 16.8 Å². The second-order valence-electron chi connectivity index (χ2n) is 7.38. The Bertz CT molecular complexity index is 1210. The number of hydrogen-bond acceptors (Lipinski definition) is 5. The molecule has 3 heterocycles. The molecule has 31 heavy (non-hydrogen) atoms. The third-order valence-corrected chi connectivity index (χ3v) is 7.29. The Hall–Kier alpha value is -3.29. The highest BCUT2D eigenvalue weighted by Gasteiger charge is 2.52. The minimum Gasteiger partial charge on any atom is -0.319 e. The lowest BCUT2D eigenvalue weighted by atomic mass is 9.83. The molecule has 4 aromatic rings. The molecular weight excluding hydrogens is 426 g/mol. The molecule has 7 heteroatoms. The van der Waals surface area contributed by atoms with Gasteiger partial charge in [-0.1, -0.05) is 66.7 Å². The third-order valence-electron chi connectivity index (χ3n) is 5.36. The highest BCUT2D eigenvalue weighted by Crippen LogP contribution is 2.34. The quantitative estimate of drug-likeness (QED) is 0.422. The van der Waals surface area contributed by atoms with Gasteiger partial charge < -0.3 is 5.32 Å². The van der Waals surface area contributed by atoms with Crippen LogP contribution in [-0.2, 0) is 23.3 Å². The lowest BCUT2D eigenvalue weighted by Gasteiger charge is -2.27. The molecule has 5 nitrogen and oxygen atoms in total. The Kier molecular flexibility index (Phi) is 5.13. The Balaban J connectivity index is 1.47. The number of nitrogens with one attached hydrogen (secondary N) is 1. The molecule has 2 aromatic carbocycles. The molecule has 2 aromatic heterocycles. The number of carbonyl (C=O) groups excluding carboxylic acids is 2. The first-order valence-electron chi connectivity index (χ1n) is 9.87. The Morgan fingerprint density at radius 3 is 2.35 bits per heavy atom. The molecule has 0 radical (unpaired) electrons. The van der Waals surface area contributed by atoms with Crippen molar-refractivity contribution in [1.29, 1.82) is 0 Å². The lowest BCUT2D eigenvalue weighted by molar-refractivity contribution is -0.132. The van der Waals surface area contributed by atoms with Gasteiger partial charge in [-0.15, -0.1) is 22.7 Å². The molecule has 1 unspecified atom stereocenters. The van der Waals surface area contributed by atoms with Crippen molar-refractivity contribution < 1.29 is 9.59 Å². The predicted octanol–water partition coefficient (Wildman–Crippen LogP) is 5.06. The van der Waals surface area contributed by atoms with Crippen LogP contribution in [0.5, 0.6) is 0 Å². The first-order valence-corrected chi connectivity index (χ1v) is 11.6. The van der Waals surface area contributed by atoms with E-state index in [1.54, 1.807) is 11.3 Å². The summed E-state index contributed by atoms with van der Waals surface area (Å²) in [5, 5.41) is 7.82. The van der Waals surface area contributed by atoms with Crippen molar-refractivity contribution in [1.82, 2.24) is 15.2 Å². The second-order valence-corrected chi connectivity index (χ2v) is 9.18. The second kappa shape index (κ2) is 8.09. The van der Waals surface area contributed by atoms with Gasteiger partial charge in [0.1, 0.15) is 5.01 Å². The van der Waals surface area contributed by atoms with Crippen molar-refractivity contribution in [3.05, 3.63) is 100 Å². The Morgan fingerprint density at radius 1 is 0.903 bits per heavy atom. The van der Waals surface area contributed by atoms with E-state index in [0.29, 0.717) is 12.1 Å². The summed E-state index contributed by atoms with van der Waals surface area (Å²) in [5.74, 6) is -0.252. The van der Waals surface area contributed by atoms with Crippen molar-refractivity contribution >= 4 is 34.6 Å². The Morgan fingerprint density at radius 2 is 1.65 bits per heavy atom. The van der Waals surface area contributed by atoms with E-state index in [4.69, 9.17) is 0 Å². The number of hydrogen-bond donors (Lipinski definition) is 1. The highest BCUT2D eigenvalue weighted by molar-refractivity contribution is 7.20. The maximum atomic E-state index is 13.7. The Labute approximate surface area is 188 Å². The molecule has 1 aliphatic rings. The summed E-state index contributed by atoms with van der Waals surface area (Å²) in [6, 6.07) is 22.8. The first kappa shape index (κ1) is 19.7. The van der Waals surface area contributed by atoms with Crippen LogP contribution in [0.15, 0.2) is 83.6 Å². The standard InChI is InChI=1S/C24H19N3O2S2/c28-22-24(18-10-5-2-6-11-18,14-17-8-3-1-4-9-17)26-23(29)27(22)15-19-16-31-21(25-19)20-12-7-13-30-20/h1-13,16H,14-15H2,(H,26,29). The van der Waals surface area contributed by atoms with Crippen LogP contribution in [0.4, 0.5) is 4.79 Å². The molecule has 1 fully saturated rings. The van der Waals surface area contributed by atoms with Crippen LogP contribution in [-0.4, -0.2) is 21.8 Å². The number of carbonyl (C=O) groups is 2. The summed E-state index contributed by atoms with van der Waals surface area (Å²) < 4.78 is 0. The number of thiazole rings is 1. The fourth-order valence-corrected chi connectivity index (χ4v) is 5.49. The van der Waals surface area contributed by atoms with Crippen molar-refractivity contribution in [3.63, 3.8) is 0 Å². The van der Waals surface area contributed by atoms with Crippen LogP contribution >= 0.6 is 22.7 Å². The molecule has 1 N–H and O–H groups in total. The van der Waals surface area contributed by atoms with Crippen molar-refractivity contribution in [3.8, 4) is 9.88 Å². The van der Waals surface area contributed by atoms with Gasteiger partial charge in [0.25, 0.3) is 5.91 Å². The van der Waals surface area contributed by atoms with E-state index in [1.165, 1.54) is 16.2 Å². The van der Waals surface area contributed by atoms with E-state index >= 15 is 0 Å². The number of benzene rings is 2.